The van der Waals surface area contributed by atoms with Crippen molar-refractivity contribution in [3.63, 3.8) is 0 Å². The SMILES string of the molecule is COCC1CCCC[C@H]1C. The zero-order valence-corrected chi connectivity index (χ0v) is 7.10. The van der Waals surface area contributed by atoms with Crippen LogP contribution in [0.15, 0.2) is 0 Å². The fraction of sp³-hybridized carbons (Fsp3) is 1.00. The van der Waals surface area contributed by atoms with Gasteiger partial charge in [0.15, 0.2) is 0 Å². The van der Waals surface area contributed by atoms with E-state index >= 15 is 0 Å². The van der Waals surface area contributed by atoms with Gasteiger partial charge in [0.1, 0.15) is 0 Å². The Labute approximate surface area is 63.8 Å². The molecule has 1 fully saturated rings. The maximum Gasteiger partial charge on any atom is 0.0493 e. The van der Waals surface area contributed by atoms with Gasteiger partial charge in [-0.05, 0) is 18.3 Å². The van der Waals surface area contributed by atoms with Crippen LogP contribution in [0.2, 0.25) is 0 Å². The maximum atomic E-state index is 5.15. The highest BCUT2D eigenvalue weighted by atomic mass is 16.5. The molecule has 1 aliphatic carbocycles. The van der Waals surface area contributed by atoms with E-state index in [0.29, 0.717) is 0 Å². The first-order chi connectivity index (χ1) is 4.84. The molecule has 10 heavy (non-hydrogen) atoms. The Morgan fingerprint density at radius 2 is 2.00 bits per heavy atom. The summed E-state index contributed by atoms with van der Waals surface area (Å²) in [5.41, 5.74) is 0. The molecule has 0 heterocycles. The Hall–Kier alpha value is -0.0400. The lowest BCUT2D eigenvalue weighted by Gasteiger charge is -2.27. The Balaban J connectivity index is 2.25. The summed E-state index contributed by atoms with van der Waals surface area (Å²) >= 11 is 0. The summed E-state index contributed by atoms with van der Waals surface area (Å²) in [4.78, 5) is 0. The second kappa shape index (κ2) is 3.97. The fourth-order valence-electron chi connectivity index (χ4n) is 1.85. The van der Waals surface area contributed by atoms with Gasteiger partial charge in [-0.2, -0.15) is 0 Å². The molecule has 60 valence electrons. The topological polar surface area (TPSA) is 9.23 Å². The van der Waals surface area contributed by atoms with Crippen LogP contribution >= 0.6 is 0 Å². The minimum atomic E-state index is 0.846. The van der Waals surface area contributed by atoms with Crippen LogP contribution in [0.25, 0.3) is 0 Å². The van der Waals surface area contributed by atoms with Crippen molar-refractivity contribution in [1.29, 1.82) is 0 Å². The summed E-state index contributed by atoms with van der Waals surface area (Å²) in [5, 5.41) is 0. The zero-order chi connectivity index (χ0) is 7.40. The molecule has 0 amide bonds. The Kier molecular flexibility index (Phi) is 3.20. The van der Waals surface area contributed by atoms with E-state index in [-0.39, 0.29) is 0 Å². The molecule has 0 bridgehead atoms. The lowest BCUT2D eigenvalue weighted by molar-refractivity contribution is 0.101. The highest BCUT2D eigenvalue weighted by Crippen LogP contribution is 2.29. The van der Waals surface area contributed by atoms with Gasteiger partial charge in [-0.1, -0.05) is 26.2 Å². The second-order valence-electron chi connectivity index (χ2n) is 3.48. The molecule has 1 heteroatoms. The summed E-state index contributed by atoms with van der Waals surface area (Å²) in [6.07, 6.45) is 5.64. The van der Waals surface area contributed by atoms with Crippen molar-refractivity contribution in [2.24, 2.45) is 11.8 Å². The molecule has 0 radical (unpaired) electrons. The summed E-state index contributed by atoms with van der Waals surface area (Å²) < 4.78 is 5.15. The van der Waals surface area contributed by atoms with Crippen molar-refractivity contribution in [2.75, 3.05) is 13.7 Å². The van der Waals surface area contributed by atoms with Crippen molar-refractivity contribution in [1.82, 2.24) is 0 Å². The molecular formula is C9H18O. The summed E-state index contributed by atoms with van der Waals surface area (Å²) in [6, 6.07) is 0. The first-order valence-corrected chi connectivity index (χ1v) is 4.33. The highest BCUT2D eigenvalue weighted by Gasteiger charge is 2.20. The molecule has 1 unspecified atom stereocenters. The van der Waals surface area contributed by atoms with Crippen LogP contribution in [0.1, 0.15) is 32.6 Å². The van der Waals surface area contributed by atoms with Crippen LogP contribution < -0.4 is 0 Å². The minimum absolute atomic E-state index is 0.846. The normalized spacial score (nSPS) is 34.2. The molecule has 0 spiro atoms. The number of rotatable bonds is 2. The van der Waals surface area contributed by atoms with Gasteiger partial charge in [0.05, 0.1) is 0 Å². The van der Waals surface area contributed by atoms with Crippen molar-refractivity contribution in [2.45, 2.75) is 32.6 Å². The van der Waals surface area contributed by atoms with E-state index in [4.69, 9.17) is 4.74 Å². The van der Waals surface area contributed by atoms with Crippen molar-refractivity contribution >= 4 is 0 Å². The lowest BCUT2D eigenvalue weighted by Crippen LogP contribution is -2.20. The van der Waals surface area contributed by atoms with E-state index in [2.05, 4.69) is 6.92 Å². The van der Waals surface area contributed by atoms with E-state index in [1.165, 1.54) is 25.7 Å². The highest BCUT2D eigenvalue weighted by molar-refractivity contribution is 4.71. The smallest absolute Gasteiger partial charge is 0.0493 e. The number of hydrogen-bond acceptors (Lipinski definition) is 1. The third kappa shape index (κ3) is 1.98. The zero-order valence-electron chi connectivity index (χ0n) is 7.10. The molecule has 0 aromatic rings. The van der Waals surface area contributed by atoms with Gasteiger partial charge >= 0.3 is 0 Å². The van der Waals surface area contributed by atoms with Crippen molar-refractivity contribution in [3.8, 4) is 0 Å². The summed E-state index contributed by atoms with van der Waals surface area (Å²) in [5.74, 6) is 1.74. The predicted octanol–water partition coefficient (Wildman–Crippen LogP) is 2.46. The van der Waals surface area contributed by atoms with Crippen LogP contribution in [0, 0.1) is 11.8 Å². The van der Waals surface area contributed by atoms with Gasteiger partial charge in [-0.3, -0.25) is 0 Å². The quantitative estimate of drug-likeness (QED) is 0.575. The molecule has 0 N–H and O–H groups in total. The molecule has 0 aromatic heterocycles. The molecule has 1 saturated carbocycles. The van der Waals surface area contributed by atoms with E-state index < -0.39 is 0 Å². The van der Waals surface area contributed by atoms with E-state index in [9.17, 15) is 0 Å². The van der Waals surface area contributed by atoms with Crippen LogP contribution in [0.3, 0.4) is 0 Å². The lowest BCUT2D eigenvalue weighted by atomic mass is 9.81. The van der Waals surface area contributed by atoms with Gasteiger partial charge in [0, 0.05) is 13.7 Å². The van der Waals surface area contributed by atoms with Crippen LogP contribution in [0.5, 0.6) is 0 Å². The average molecular weight is 142 g/mol. The first-order valence-electron chi connectivity index (χ1n) is 4.33. The average Bonchev–Trinajstić information content (AvgIpc) is 1.94. The molecule has 1 rings (SSSR count). The molecule has 0 saturated heterocycles. The molecule has 2 atom stereocenters. The van der Waals surface area contributed by atoms with E-state index in [0.717, 1.165) is 18.4 Å². The summed E-state index contributed by atoms with van der Waals surface area (Å²) in [7, 11) is 1.81. The summed E-state index contributed by atoms with van der Waals surface area (Å²) in [6.45, 7) is 3.32. The van der Waals surface area contributed by atoms with Gasteiger partial charge < -0.3 is 4.74 Å². The fourth-order valence-corrected chi connectivity index (χ4v) is 1.85. The largest absolute Gasteiger partial charge is 0.384 e. The van der Waals surface area contributed by atoms with Crippen LogP contribution in [0.4, 0.5) is 0 Å². The second-order valence-corrected chi connectivity index (χ2v) is 3.48. The number of methoxy groups -OCH3 is 1. The van der Waals surface area contributed by atoms with E-state index in [1.54, 1.807) is 7.11 Å². The molecular weight excluding hydrogens is 124 g/mol. The molecule has 1 aliphatic rings. The van der Waals surface area contributed by atoms with Gasteiger partial charge in [-0.25, -0.2) is 0 Å². The van der Waals surface area contributed by atoms with Crippen molar-refractivity contribution in [3.05, 3.63) is 0 Å². The Morgan fingerprint density at radius 3 is 2.60 bits per heavy atom. The van der Waals surface area contributed by atoms with Crippen LogP contribution in [-0.2, 0) is 4.74 Å². The Morgan fingerprint density at radius 1 is 1.30 bits per heavy atom. The number of hydrogen-bond donors (Lipinski definition) is 0. The van der Waals surface area contributed by atoms with Crippen LogP contribution in [-0.4, -0.2) is 13.7 Å². The van der Waals surface area contributed by atoms with Gasteiger partial charge in [0.25, 0.3) is 0 Å². The minimum Gasteiger partial charge on any atom is -0.384 e. The first kappa shape index (κ1) is 8.06. The molecule has 0 aliphatic heterocycles. The number of ether oxygens (including phenoxy) is 1. The monoisotopic (exact) mass is 142 g/mol. The van der Waals surface area contributed by atoms with E-state index in [1.807, 2.05) is 0 Å². The molecule has 0 aromatic carbocycles. The van der Waals surface area contributed by atoms with Gasteiger partial charge in [-0.15, -0.1) is 0 Å². The van der Waals surface area contributed by atoms with Crippen molar-refractivity contribution < 1.29 is 4.74 Å². The standard InChI is InChI=1S/C9H18O/c1-8-5-3-4-6-9(8)7-10-2/h8-9H,3-7H2,1-2H3/t8-,9?/m1/s1. The predicted molar refractivity (Wildman–Crippen MR) is 43.0 cm³/mol. The Bertz CT molecular complexity index is 88.7. The maximum absolute atomic E-state index is 5.15. The third-order valence-corrected chi connectivity index (χ3v) is 2.67. The molecule has 1 nitrogen and oxygen atoms in total. The third-order valence-electron chi connectivity index (χ3n) is 2.67. The van der Waals surface area contributed by atoms with Gasteiger partial charge in [0.2, 0.25) is 0 Å².